The Kier molecular flexibility index (Phi) is 5.59. The van der Waals surface area contributed by atoms with Crippen LogP contribution in [0.15, 0.2) is 108 Å². The number of phenolic OH excluding ortho intramolecular Hbond substituents is 1. The molecular weight excluding hydrogens is 380 g/mol. The number of hydrogen-bond donors (Lipinski definition) is 1. The zero-order chi connectivity index (χ0) is 20.1. The first-order valence-electron chi connectivity index (χ1n) is 9.23. The Morgan fingerprint density at radius 2 is 1.24 bits per heavy atom. The third-order valence-electron chi connectivity index (χ3n) is 4.47. The van der Waals surface area contributed by atoms with Gasteiger partial charge in [-0.3, -0.25) is 4.99 Å². The third kappa shape index (κ3) is 4.48. The van der Waals surface area contributed by atoms with Crippen molar-refractivity contribution in [3.8, 4) is 5.75 Å². The van der Waals surface area contributed by atoms with Crippen LogP contribution < -0.4 is 4.90 Å². The second kappa shape index (κ2) is 8.63. The molecule has 0 bridgehead atoms. The smallest absolute Gasteiger partial charge is 0.141 e. The topological polar surface area (TPSA) is 35.8 Å². The Bertz CT molecular complexity index is 1070. The molecule has 4 rings (SSSR count). The zero-order valence-electron chi connectivity index (χ0n) is 15.6. The molecule has 0 spiro atoms. The van der Waals surface area contributed by atoms with Crippen molar-refractivity contribution in [1.29, 1.82) is 0 Å². The molecule has 0 heterocycles. The number of para-hydroxylation sites is 2. The summed E-state index contributed by atoms with van der Waals surface area (Å²) in [7, 11) is 0. The number of aromatic hydroxyl groups is 1. The molecule has 0 aliphatic heterocycles. The van der Waals surface area contributed by atoms with Gasteiger partial charge < -0.3 is 10.0 Å². The van der Waals surface area contributed by atoms with E-state index in [0.29, 0.717) is 10.7 Å². The van der Waals surface area contributed by atoms with Crippen molar-refractivity contribution < 1.29 is 5.11 Å². The molecule has 142 valence electrons. The van der Waals surface area contributed by atoms with Crippen LogP contribution in [0, 0.1) is 0 Å². The molecule has 0 amide bonds. The van der Waals surface area contributed by atoms with E-state index >= 15 is 0 Å². The Morgan fingerprint density at radius 1 is 0.690 bits per heavy atom. The van der Waals surface area contributed by atoms with Gasteiger partial charge >= 0.3 is 0 Å². The zero-order valence-corrected chi connectivity index (χ0v) is 16.4. The van der Waals surface area contributed by atoms with Gasteiger partial charge in [0, 0.05) is 28.3 Å². The SMILES string of the molecule is Oc1ccc(Cl)cc1N=Cc1ccc(N(c2ccccc2)c2ccccc2)cc1. The molecule has 0 aliphatic rings. The van der Waals surface area contributed by atoms with Crippen LogP contribution in [0.3, 0.4) is 0 Å². The van der Waals surface area contributed by atoms with E-state index in [2.05, 4.69) is 46.3 Å². The lowest BCUT2D eigenvalue weighted by molar-refractivity contribution is 0.477. The highest BCUT2D eigenvalue weighted by molar-refractivity contribution is 6.30. The van der Waals surface area contributed by atoms with Gasteiger partial charge in [-0.25, -0.2) is 0 Å². The molecule has 4 heteroatoms. The Morgan fingerprint density at radius 3 is 1.83 bits per heavy atom. The van der Waals surface area contributed by atoms with Gasteiger partial charge in [0.1, 0.15) is 11.4 Å². The number of rotatable bonds is 5. The van der Waals surface area contributed by atoms with Gasteiger partial charge in [0.25, 0.3) is 0 Å². The van der Waals surface area contributed by atoms with E-state index in [1.165, 1.54) is 6.07 Å². The molecule has 0 aliphatic carbocycles. The fraction of sp³-hybridized carbons (Fsp3) is 0. The van der Waals surface area contributed by atoms with Crippen molar-refractivity contribution in [2.45, 2.75) is 0 Å². The quantitative estimate of drug-likeness (QED) is 0.359. The predicted molar refractivity (Wildman–Crippen MR) is 121 cm³/mol. The number of anilines is 3. The summed E-state index contributed by atoms with van der Waals surface area (Å²) in [5, 5.41) is 10.4. The summed E-state index contributed by atoms with van der Waals surface area (Å²) in [6.45, 7) is 0. The van der Waals surface area contributed by atoms with Crippen molar-refractivity contribution in [2.24, 2.45) is 4.99 Å². The Labute approximate surface area is 175 Å². The van der Waals surface area contributed by atoms with Crippen LogP contribution in [0.5, 0.6) is 5.75 Å². The molecular formula is C25H19ClN2O. The molecule has 0 saturated heterocycles. The predicted octanol–water partition coefficient (Wildman–Crippen LogP) is 7.27. The summed E-state index contributed by atoms with van der Waals surface area (Å²) >= 11 is 5.98. The highest BCUT2D eigenvalue weighted by Gasteiger charge is 2.11. The summed E-state index contributed by atoms with van der Waals surface area (Å²) < 4.78 is 0. The minimum atomic E-state index is 0.0987. The van der Waals surface area contributed by atoms with E-state index < -0.39 is 0 Å². The molecule has 4 aromatic rings. The third-order valence-corrected chi connectivity index (χ3v) is 4.71. The first-order chi connectivity index (χ1) is 14.2. The summed E-state index contributed by atoms with van der Waals surface area (Å²) in [5.74, 6) is 0.0987. The van der Waals surface area contributed by atoms with E-state index in [4.69, 9.17) is 11.6 Å². The molecule has 0 fully saturated rings. The summed E-state index contributed by atoms with van der Waals surface area (Å²) in [5.41, 5.74) is 4.59. The number of aliphatic imine (C=N–C) groups is 1. The van der Waals surface area contributed by atoms with Crippen molar-refractivity contribution in [1.82, 2.24) is 0 Å². The number of halogens is 1. The molecule has 0 unspecified atom stereocenters. The normalized spacial score (nSPS) is 10.9. The van der Waals surface area contributed by atoms with Gasteiger partial charge in [0.05, 0.1) is 0 Å². The lowest BCUT2D eigenvalue weighted by Gasteiger charge is -2.25. The average molecular weight is 399 g/mol. The monoisotopic (exact) mass is 398 g/mol. The molecule has 29 heavy (non-hydrogen) atoms. The van der Waals surface area contributed by atoms with Crippen molar-refractivity contribution in [3.63, 3.8) is 0 Å². The lowest BCUT2D eigenvalue weighted by Crippen LogP contribution is -2.09. The number of phenols is 1. The van der Waals surface area contributed by atoms with E-state index in [9.17, 15) is 5.11 Å². The Hall–Kier alpha value is -3.56. The van der Waals surface area contributed by atoms with Crippen molar-refractivity contribution in [3.05, 3.63) is 114 Å². The van der Waals surface area contributed by atoms with E-state index in [0.717, 1.165) is 22.6 Å². The molecule has 4 aromatic carbocycles. The van der Waals surface area contributed by atoms with Gasteiger partial charge in [0.15, 0.2) is 0 Å². The average Bonchev–Trinajstić information content (AvgIpc) is 2.77. The van der Waals surface area contributed by atoms with Gasteiger partial charge in [-0.15, -0.1) is 0 Å². The summed E-state index contributed by atoms with van der Waals surface area (Å²) in [6.07, 6.45) is 1.71. The van der Waals surface area contributed by atoms with E-state index in [-0.39, 0.29) is 5.75 Å². The maximum atomic E-state index is 9.90. The summed E-state index contributed by atoms with van der Waals surface area (Å²) in [4.78, 5) is 6.55. The lowest BCUT2D eigenvalue weighted by atomic mass is 10.1. The highest BCUT2D eigenvalue weighted by Crippen LogP contribution is 2.34. The van der Waals surface area contributed by atoms with Crippen LogP contribution in [0.1, 0.15) is 5.56 Å². The van der Waals surface area contributed by atoms with Crippen LogP contribution in [-0.2, 0) is 0 Å². The van der Waals surface area contributed by atoms with E-state index in [1.807, 2.05) is 48.5 Å². The summed E-state index contributed by atoms with van der Waals surface area (Å²) in [6, 6.07) is 33.4. The standard InChI is InChI=1S/C25H19ClN2O/c26-20-13-16-25(29)24(17-20)27-18-19-11-14-23(15-12-19)28(21-7-3-1-4-8-21)22-9-5-2-6-10-22/h1-18,29H. The van der Waals surface area contributed by atoms with Crippen LogP contribution in [0.2, 0.25) is 5.02 Å². The Balaban J connectivity index is 1.64. The van der Waals surface area contributed by atoms with Crippen LogP contribution in [-0.4, -0.2) is 11.3 Å². The first kappa shape index (κ1) is 18.8. The van der Waals surface area contributed by atoms with Gasteiger partial charge in [0.2, 0.25) is 0 Å². The molecule has 0 atom stereocenters. The molecule has 0 radical (unpaired) electrons. The van der Waals surface area contributed by atoms with Gasteiger partial charge in [-0.1, -0.05) is 60.1 Å². The van der Waals surface area contributed by atoms with E-state index in [1.54, 1.807) is 18.3 Å². The second-order valence-electron chi connectivity index (χ2n) is 6.49. The molecule has 0 saturated carbocycles. The minimum absolute atomic E-state index is 0.0987. The maximum absolute atomic E-state index is 9.90. The maximum Gasteiger partial charge on any atom is 0.141 e. The van der Waals surface area contributed by atoms with Gasteiger partial charge in [-0.2, -0.15) is 0 Å². The van der Waals surface area contributed by atoms with Crippen LogP contribution >= 0.6 is 11.6 Å². The van der Waals surface area contributed by atoms with Crippen LogP contribution in [0.25, 0.3) is 0 Å². The second-order valence-corrected chi connectivity index (χ2v) is 6.93. The fourth-order valence-corrected chi connectivity index (χ4v) is 3.22. The molecule has 3 nitrogen and oxygen atoms in total. The van der Waals surface area contributed by atoms with Crippen molar-refractivity contribution >= 4 is 40.6 Å². The molecule has 1 N–H and O–H groups in total. The highest BCUT2D eigenvalue weighted by atomic mass is 35.5. The number of benzene rings is 4. The largest absolute Gasteiger partial charge is 0.506 e. The fourth-order valence-electron chi connectivity index (χ4n) is 3.05. The van der Waals surface area contributed by atoms with Gasteiger partial charge in [-0.05, 0) is 60.2 Å². The minimum Gasteiger partial charge on any atom is -0.506 e. The number of hydrogen-bond acceptors (Lipinski definition) is 3. The van der Waals surface area contributed by atoms with Crippen molar-refractivity contribution in [2.75, 3.05) is 4.90 Å². The first-order valence-corrected chi connectivity index (χ1v) is 9.61. The number of nitrogens with zero attached hydrogens (tertiary/aromatic N) is 2. The molecule has 0 aromatic heterocycles. The van der Waals surface area contributed by atoms with Crippen LogP contribution in [0.4, 0.5) is 22.7 Å².